The number of anilines is 1. The van der Waals surface area contributed by atoms with Gasteiger partial charge in [0.25, 0.3) is 0 Å². The molecule has 2 aliphatic heterocycles. The lowest BCUT2D eigenvalue weighted by Crippen LogP contribution is -2.58. The van der Waals surface area contributed by atoms with Crippen LogP contribution in [-0.4, -0.2) is 36.6 Å². The van der Waals surface area contributed by atoms with Crippen molar-refractivity contribution in [2.45, 2.75) is 6.92 Å². The molecule has 8 heteroatoms. The molecule has 0 amide bonds. The molecule has 0 atom stereocenters. The Hall–Kier alpha value is -2.12. The number of fused-ring (bicyclic) bond motifs is 1. The third kappa shape index (κ3) is 2.65. The van der Waals surface area contributed by atoms with Crippen LogP contribution in [0.15, 0.2) is 18.2 Å². The Morgan fingerprint density at radius 2 is 1.95 bits per heavy atom. The van der Waals surface area contributed by atoms with Crippen LogP contribution in [0.3, 0.4) is 0 Å². The monoisotopic (exact) mass is 323 g/mol. The first-order valence-electron chi connectivity index (χ1n) is 6.67. The van der Waals surface area contributed by atoms with E-state index in [2.05, 4.69) is 4.98 Å². The van der Waals surface area contributed by atoms with E-state index < -0.39 is 11.9 Å². The standard InChI is InChI=1S/C14H14ClN3O4/c1-14(5-16)6-18(7-14)13-12-8(4-9(15)17-13)21-10(19)2-3-11(20)22-12/h2-4H,5-7,16H2,1H3/b3-2-. The topological polar surface area (TPSA) is 94.7 Å². The van der Waals surface area contributed by atoms with E-state index >= 15 is 0 Å². The van der Waals surface area contributed by atoms with Gasteiger partial charge in [0.05, 0.1) is 0 Å². The molecular formula is C14H14ClN3O4. The average molecular weight is 324 g/mol. The molecule has 0 spiro atoms. The molecule has 0 radical (unpaired) electrons. The largest absolute Gasteiger partial charge is 0.419 e. The lowest BCUT2D eigenvalue weighted by Gasteiger charge is -2.48. The molecule has 0 unspecified atom stereocenters. The molecule has 2 aliphatic rings. The summed E-state index contributed by atoms with van der Waals surface area (Å²) in [4.78, 5) is 29.3. The molecule has 0 bridgehead atoms. The lowest BCUT2D eigenvalue weighted by molar-refractivity contribution is -0.133. The summed E-state index contributed by atoms with van der Waals surface area (Å²) in [6.07, 6.45) is 2.00. The Labute approximate surface area is 131 Å². The van der Waals surface area contributed by atoms with E-state index in [0.29, 0.717) is 25.5 Å². The fourth-order valence-corrected chi connectivity index (χ4v) is 2.60. The molecule has 0 aromatic carbocycles. The fraction of sp³-hybridized carbons (Fsp3) is 0.357. The quantitative estimate of drug-likeness (QED) is 0.638. The van der Waals surface area contributed by atoms with Gasteiger partial charge in [-0.05, 0) is 0 Å². The number of rotatable bonds is 2. The van der Waals surface area contributed by atoms with Gasteiger partial charge in [-0.3, -0.25) is 0 Å². The Morgan fingerprint density at radius 1 is 1.32 bits per heavy atom. The molecule has 7 nitrogen and oxygen atoms in total. The van der Waals surface area contributed by atoms with Crippen LogP contribution in [0.2, 0.25) is 5.15 Å². The second-order valence-corrected chi connectivity index (χ2v) is 6.03. The number of nitrogens with two attached hydrogens (primary N) is 1. The van der Waals surface area contributed by atoms with Gasteiger partial charge in [-0.2, -0.15) is 0 Å². The highest BCUT2D eigenvalue weighted by Crippen LogP contribution is 2.43. The van der Waals surface area contributed by atoms with Crippen molar-refractivity contribution in [1.82, 2.24) is 4.98 Å². The van der Waals surface area contributed by atoms with Crippen molar-refractivity contribution in [1.29, 1.82) is 0 Å². The first-order chi connectivity index (χ1) is 10.4. The molecule has 2 N–H and O–H groups in total. The van der Waals surface area contributed by atoms with Gasteiger partial charge in [0.15, 0.2) is 11.6 Å². The third-order valence-corrected chi connectivity index (χ3v) is 3.79. The smallest absolute Gasteiger partial charge is 0.336 e. The molecular weight excluding hydrogens is 310 g/mol. The number of pyridine rings is 1. The van der Waals surface area contributed by atoms with Gasteiger partial charge >= 0.3 is 11.9 Å². The average Bonchev–Trinajstić information content (AvgIpc) is 2.43. The zero-order chi connectivity index (χ0) is 15.9. The molecule has 3 heterocycles. The SMILES string of the molecule is CC1(CN)CN(c2nc(Cl)cc3c2OC(=O)/C=C\C(=O)O3)C1. The summed E-state index contributed by atoms with van der Waals surface area (Å²) in [6, 6.07) is 1.34. The highest BCUT2D eigenvalue weighted by atomic mass is 35.5. The number of hydrogen-bond acceptors (Lipinski definition) is 7. The molecule has 22 heavy (non-hydrogen) atoms. The molecule has 1 fully saturated rings. The molecule has 1 aromatic heterocycles. The van der Waals surface area contributed by atoms with Crippen LogP contribution < -0.4 is 20.1 Å². The summed E-state index contributed by atoms with van der Waals surface area (Å²) in [5.74, 6) is -0.831. The van der Waals surface area contributed by atoms with Crippen molar-refractivity contribution < 1.29 is 19.1 Å². The summed E-state index contributed by atoms with van der Waals surface area (Å²) in [6.45, 7) is 3.87. The van der Waals surface area contributed by atoms with Crippen LogP contribution in [0.4, 0.5) is 5.82 Å². The highest BCUT2D eigenvalue weighted by Gasteiger charge is 2.40. The first-order valence-corrected chi connectivity index (χ1v) is 7.05. The maximum absolute atomic E-state index is 11.7. The van der Waals surface area contributed by atoms with E-state index in [4.69, 9.17) is 26.8 Å². The number of carbonyl (C=O) groups is 2. The molecule has 1 aromatic rings. The Balaban J connectivity index is 2.00. The zero-order valence-electron chi connectivity index (χ0n) is 11.8. The van der Waals surface area contributed by atoms with Gasteiger partial charge in [-0.25, -0.2) is 14.6 Å². The highest BCUT2D eigenvalue weighted by molar-refractivity contribution is 6.29. The summed E-state index contributed by atoms with van der Waals surface area (Å²) < 4.78 is 10.4. The van der Waals surface area contributed by atoms with E-state index in [1.165, 1.54) is 6.07 Å². The van der Waals surface area contributed by atoms with Crippen molar-refractivity contribution >= 4 is 29.4 Å². The summed E-state index contributed by atoms with van der Waals surface area (Å²) in [7, 11) is 0. The van der Waals surface area contributed by atoms with E-state index in [-0.39, 0.29) is 22.1 Å². The van der Waals surface area contributed by atoms with Crippen LogP contribution in [0.25, 0.3) is 0 Å². The second-order valence-electron chi connectivity index (χ2n) is 5.64. The third-order valence-electron chi connectivity index (χ3n) is 3.60. The van der Waals surface area contributed by atoms with Gasteiger partial charge in [0.2, 0.25) is 5.75 Å². The summed E-state index contributed by atoms with van der Waals surface area (Å²) in [5, 5.41) is 0.142. The van der Waals surface area contributed by atoms with Crippen molar-refractivity contribution in [2.24, 2.45) is 11.1 Å². The first kappa shape index (κ1) is 14.8. The van der Waals surface area contributed by atoms with Crippen LogP contribution >= 0.6 is 11.6 Å². The zero-order valence-corrected chi connectivity index (χ0v) is 12.6. The Kier molecular flexibility index (Phi) is 3.54. The molecule has 116 valence electrons. The van der Waals surface area contributed by atoms with E-state index in [1.54, 1.807) is 0 Å². The van der Waals surface area contributed by atoms with Crippen LogP contribution in [0.5, 0.6) is 11.5 Å². The minimum Gasteiger partial charge on any atom is -0.419 e. The number of carbonyl (C=O) groups excluding carboxylic acids is 2. The van der Waals surface area contributed by atoms with Gasteiger partial charge in [-0.1, -0.05) is 18.5 Å². The normalized spacial score (nSPS) is 21.0. The molecule has 0 saturated carbocycles. The fourth-order valence-electron chi connectivity index (χ4n) is 2.42. The number of nitrogens with zero attached hydrogens (tertiary/aromatic N) is 2. The van der Waals surface area contributed by atoms with E-state index in [0.717, 1.165) is 12.2 Å². The van der Waals surface area contributed by atoms with Crippen molar-refractivity contribution in [3.05, 3.63) is 23.4 Å². The number of hydrogen-bond donors (Lipinski definition) is 1. The maximum Gasteiger partial charge on any atom is 0.336 e. The number of esters is 2. The Bertz CT molecular complexity index is 683. The number of ether oxygens (including phenoxy) is 2. The van der Waals surface area contributed by atoms with Crippen molar-refractivity contribution in [3.8, 4) is 11.5 Å². The number of halogens is 1. The minimum absolute atomic E-state index is 0.0287. The Morgan fingerprint density at radius 3 is 2.59 bits per heavy atom. The van der Waals surface area contributed by atoms with Crippen LogP contribution in [0, 0.1) is 5.41 Å². The minimum atomic E-state index is -0.679. The van der Waals surface area contributed by atoms with E-state index in [1.807, 2.05) is 11.8 Å². The number of aromatic nitrogens is 1. The van der Waals surface area contributed by atoms with Gasteiger partial charge in [0.1, 0.15) is 5.15 Å². The molecule has 1 saturated heterocycles. The second kappa shape index (κ2) is 5.26. The summed E-state index contributed by atoms with van der Waals surface area (Å²) >= 11 is 5.98. The van der Waals surface area contributed by atoms with Crippen molar-refractivity contribution in [3.63, 3.8) is 0 Å². The summed E-state index contributed by atoms with van der Waals surface area (Å²) in [5.41, 5.74) is 5.70. The van der Waals surface area contributed by atoms with Gasteiger partial charge < -0.3 is 20.1 Å². The predicted octanol–water partition coefficient (Wildman–Crippen LogP) is 0.901. The van der Waals surface area contributed by atoms with Gasteiger partial charge in [0, 0.05) is 43.3 Å². The molecule has 0 aliphatic carbocycles. The van der Waals surface area contributed by atoms with E-state index in [9.17, 15) is 9.59 Å². The maximum atomic E-state index is 11.7. The van der Waals surface area contributed by atoms with Crippen molar-refractivity contribution in [2.75, 3.05) is 24.5 Å². The van der Waals surface area contributed by atoms with Gasteiger partial charge in [-0.15, -0.1) is 0 Å². The predicted molar refractivity (Wildman–Crippen MR) is 79.0 cm³/mol. The lowest BCUT2D eigenvalue weighted by atomic mass is 9.82. The molecule has 3 rings (SSSR count). The van der Waals surface area contributed by atoms with Crippen LogP contribution in [0.1, 0.15) is 6.92 Å². The van der Waals surface area contributed by atoms with Crippen LogP contribution in [-0.2, 0) is 9.59 Å².